The molecular formula is C20H26ClN5O2. The molecular weight excluding hydrogens is 378 g/mol. The minimum Gasteiger partial charge on any atom is -0.356 e. The van der Waals surface area contributed by atoms with Crippen LogP contribution in [-0.4, -0.2) is 39.7 Å². The van der Waals surface area contributed by atoms with E-state index < -0.39 is 0 Å². The molecule has 1 aliphatic heterocycles. The number of rotatable bonds is 8. The number of hydrogen-bond donors (Lipinski definition) is 2. The van der Waals surface area contributed by atoms with Gasteiger partial charge in [-0.3, -0.25) is 9.59 Å². The maximum absolute atomic E-state index is 12.0. The molecule has 1 aliphatic rings. The lowest BCUT2D eigenvalue weighted by Gasteiger charge is -2.08. The van der Waals surface area contributed by atoms with Crippen molar-refractivity contribution in [3.63, 3.8) is 0 Å². The highest BCUT2D eigenvalue weighted by Crippen LogP contribution is 2.15. The fourth-order valence-corrected chi connectivity index (χ4v) is 3.41. The molecule has 3 rings (SSSR count). The number of hydrogen-bond acceptors (Lipinski definition) is 4. The molecule has 2 N–H and O–H groups in total. The van der Waals surface area contributed by atoms with Crippen LogP contribution in [0.15, 0.2) is 24.3 Å². The monoisotopic (exact) mass is 403 g/mol. The highest BCUT2D eigenvalue weighted by molar-refractivity contribution is 6.30. The number of aromatic nitrogens is 3. The van der Waals surface area contributed by atoms with Crippen LogP contribution in [0, 0.1) is 0 Å². The summed E-state index contributed by atoms with van der Waals surface area (Å²) >= 11 is 5.80. The highest BCUT2D eigenvalue weighted by Gasteiger charge is 2.14. The normalized spacial score (nSPS) is 13.5. The molecule has 7 nitrogen and oxygen atoms in total. The number of amides is 2. The van der Waals surface area contributed by atoms with Crippen LogP contribution >= 0.6 is 11.6 Å². The van der Waals surface area contributed by atoms with Gasteiger partial charge in [0, 0.05) is 49.5 Å². The lowest BCUT2D eigenvalue weighted by atomic mass is 10.2. The first-order chi connectivity index (χ1) is 13.6. The summed E-state index contributed by atoms with van der Waals surface area (Å²) in [4.78, 5) is 23.9. The lowest BCUT2D eigenvalue weighted by Crippen LogP contribution is -2.31. The number of fused-ring (bicyclic) bond motifs is 1. The second-order valence-electron chi connectivity index (χ2n) is 6.96. The second-order valence-corrected chi connectivity index (χ2v) is 7.40. The third kappa shape index (κ3) is 5.79. The molecule has 0 saturated carbocycles. The SMILES string of the molecule is O=C(CCNC(=O)c1ccc(Cl)cc1)NCCCc1nnc2n1CCCCC2. The molecule has 0 fully saturated rings. The van der Waals surface area contributed by atoms with Gasteiger partial charge in [0.1, 0.15) is 11.6 Å². The maximum atomic E-state index is 12.0. The minimum atomic E-state index is -0.211. The number of nitrogens with zero attached hydrogens (tertiary/aromatic N) is 3. The number of carbonyl (C=O) groups is 2. The Morgan fingerprint density at radius 3 is 2.68 bits per heavy atom. The molecule has 1 aromatic carbocycles. The molecule has 1 aromatic heterocycles. The molecule has 28 heavy (non-hydrogen) atoms. The minimum absolute atomic E-state index is 0.0727. The van der Waals surface area contributed by atoms with Gasteiger partial charge in [0.05, 0.1) is 0 Å². The Labute approximate surface area is 169 Å². The summed E-state index contributed by atoms with van der Waals surface area (Å²) in [5.41, 5.74) is 0.525. The van der Waals surface area contributed by atoms with E-state index in [2.05, 4.69) is 25.4 Å². The van der Waals surface area contributed by atoms with Crippen LogP contribution in [0.3, 0.4) is 0 Å². The Morgan fingerprint density at radius 2 is 1.86 bits per heavy atom. The van der Waals surface area contributed by atoms with Gasteiger partial charge in [0.25, 0.3) is 5.91 Å². The zero-order valence-corrected chi connectivity index (χ0v) is 16.7. The van der Waals surface area contributed by atoms with E-state index in [1.807, 2.05) is 0 Å². The van der Waals surface area contributed by atoms with E-state index in [1.54, 1.807) is 24.3 Å². The van der Waals surface area contributed by atoms with Crippen molar-refractivity contribution >= 4 is 23.4 Å². The second kappa shape index (κ2) is 10.2. The predicted molar refractivity (Wildman–Crippen MR) is 107 cm³/mol. The van der Waals surface area contributed by atoms with Crippen LogP contribution in [0.25, 0.3) is 0 Å². The van der Waals surface area contributed by atoms with Gasteiger partial charge in [-0.25, -0.2) is 0 Å². The fraction of sp³-hybridized carbons (Fsp3) is 0.500. The van der Waals surface area contributed by atoms with Gasteiger partial charge in [-0.05, 0) is 43.5 Å². The van der Waals surface area contributed by atoms with E-state index in [0.29, 0.717) is 23.7 Å². The summed E-state index contributed by atoms with van der Waals surface area (Å²) in [6.45, 7) is 1.88. The number of carbonyl (C=O) groups excluding carboxylic acids is 2. The van der Waals surface area contributed by atoms with Gasteiger partial charge in [0.15, 0.2) is 0 Å². The molecule has 0 bridgehead atoms. The zero-order valence-electron chi connectivity index (χ0n) is 15.9. The summed E-state index contributed by atoms with van der Waals surface area (Å²) in [7, 11) is 0. The Kier molecular flexibility index (Phi) is 7.42. The number of benzene rings is 1. The smallest absolute Gasteiger partial charge is 0.251 e. The predicted octanol–water partition coefficient (Wildman–Crippen LogP) is 2.53. The van der Waals surface area contributed by atoms with Gasteiger partial charge >= 0.3 is 0 Å². The molecule has 8 heteroatoms. The molecule has 0 unspecified atom stereocenters. The van der Waals surface area contributed by atoms with Crippen molar-refractivity contribution in [3.8, 4) is 0 Å². The number of halogens is 1. The van der Waals surface area contributed by atoms with Crippen molar-refractivity contribution < 1.29 is 9.59 Å². The zero-order chi connectivity index (χ0) is 19.8. The fourth-order valence-electron chi connectivity index (χ4n) is 3.29. The van der Waals surface area contributed by atoms with E-state index in [1.165, 1.54) is 19.3 Å². The van der Waals surface area contributed by atoms with Crippen LogP contribution in [-0.2, 0) is 24.2 Å². The van der Waals surface area contributed by atoms with Crippen LogP contribution in [0.1, 0.15) is 54.1 Å². The molecule has 0 spiro atoms. The largest absolute Gasteiger partial charge is 0.356 e. The van der Waals surface area contributed by atoms with Gasteiger partial charge in [-0.15, -0.1) is 10.2 Å². The number of nitrogens with one attached hydrogen (secondary N) is 2. The average molecular weight is 404 g/mol. The molecule has 2 amide bonds. The third-order valence-electron chi connectivity index (χ3n) is 4.83. The van der Waals surface area contributed by atoms with Crippen molar-refractivity contribution in [1.29, 1.82) is 0 Å². The van der Waals surface area contributed by atoms with Crippen LogP contribution < -0.4 is 10.6 Å². The molecule has 0 aliphatic carbocycles. The van der Waals surface area contributed by atoms with Gasteiger partial charge in [-0.2, -0.15) is 0 Å². The molecule has 2 heterocycles. The van der Waals surface area contributed by atoms with Crippen LogP contribution in [0.2, 0.25) is 5.02 Å². The third-order valence-corrected chi connectivity index (χ3v) is 5.08. The van der Waals surface area contributed by atoms with Crippen molar-refractivity contribution in [2.24, 2.45) is 0 Å². The van der Waals surface area contributed by atoms with Crippen molar-refractivity contribution in [3.05, 3.63) is 46.5 Å². The van der Waals surface area contributed by atoms with Crippen LogP contribution in [0.5, 0.6) is 0 Å². The van der Waals surface area contributed by atoms with E-state index in [4.69, 9.17) is 11.6 Å². The van der Waals surface area contributed by atoms with Gasteiger partial charge in [-0.1, -0.05) is 18.0 Å². The van der Waals surface area contributed by atoms with Crippen molar-refractivity contribution in [2.75, 3.05) is 13.1 Å². The maximum Gasteiger partial charge on any atom is 0.251 e. The quantitative estimate of drug-likeness (QED) is 0.663. The Bertz CT molecular complexity index is 803. The van der Waals surface area contributed by atoms with E-state index in [-0.39, 0.29) is 18.2 Å². The van der Waals surface area contributed by atoms with Gasteiger partial charge < -0.3 is 15.2 Å². The Hall–Kier alpha value is -2.41. The topological polar surface area (TPSA) is 88.9 Å². The average Bonchev–Trinajstić information content (AvgIpc) is 2.92. The van der Waals surface area contributed by atoms with E-state index in [0.717, 1.165) is 37.5 Å². The molecule has 2 aromatic rings. The molecule has 0 saturated heterocycles. The summed E-state index contributed by atoms with van der Waals surface area (Å²) in [6, 6.07) is 6.64. The van der Waals surface area contributed by atoms with E-state index >= 15 is 0 Å². The molecule has 0 atom stereocenters. The first-order valence-corrected chi connectivity index (χ1v) is 10.2. The Morgan fingerprint density at radius 1 is 1.04 bits per heavy atom. The van der Waals surface area contributed by atoms with Gasteiger partial charge in [0.2, 0.25) is 5.91 Å². The summed E-state index contributed by atoms with van der Waals surface area (Å²) in [5.74, 6) is 1.82. The van der Waals surface area contributed by atoms with Crippen molar-refractivity contribution in [2.45, 2.75) is 51.5 Å². The number of aryl methyl sites for hydroxylation is 2. The Balaban J connectivity index is 1.31. The first kappa shape index (κ1) is 20.3. The van der Waals surface area contributed by atoms with Crippen molar-refractivity contribution in [1.82, 2.24) is 25.4 Å². The first-order valence-electron chi connectivity index (χ1n) is 9.85. The van der Waals surface area contributed by atoms with Crippen LogP contribution in [0.4, 0.5) is 0 Å². The standard InChI is InChI=1S/C20H26ClN5O2/c21-16-9-7-15(8-10-16)20(28)23-13-11-19(27)22-12-4-6-18-25-24-17-5-2-1-3-14-26(17)18/h7-10H,1-6,11-14H2,(H,22,27)(H,23,28). The lowest BCUT2D eigenvalue weighted by molar-refractivity contribution is -0.120. The highest BCUT2D eigenvalue weighted by atomic mass is 35.5. The van der Waals surface area contributed by atoms with E-state index in [9.17, 15) is 9.59 Å². The molecule has 0 radical (unpaired) electrons. The molecule has 150 valence electrons. The summed E-state index contributed by atoms with van der Waals surface area (Å²) in [6.07, 6.45) is 6.49. The summed E-state index contributed by atoms with van der Waals surface area (Å²) < 4.78 is 2.24. The summed E-state index contributed by atoms with van der Waals surface area (Å²) in [5, 5.41) is 14.8.